The van der Waals surface area contributed by atoms with E-state index < -0.39 is 0 Å². The molecule has 0 unspecified atom stereocenters. The normalized spacial score (nSPS) is 14.9. The SMILES string of the molecule is Nc1c(C2=NCCCN2)cnn1-c1cccc(Cl)c1. The van der Waals surface area contributed by atoms with Gasteiger partial charge in [0.05, 0.1) is 17.4 Å². The lowest BCUT2D eigenvalue weighted by atomic mass is 10.2. The Morgan fingerprint density at radius 3 is 3.00 bits per heavy atom. The molecule has 0 saturated carbocycles. The molecule has 0 saturated heterocycles. The zero-order valence-corrected chi connectivity index (χ0v) is 11.1. The van der Waals surface area contributed by atoms with Gasteiger partial charge < -0.3 is 11.1 Å². The number of nitrogen functional groups attached to an aromatic ring is 1. The lowest BCUT2D eigenvalue weighted by Crippen LogP contribution is -2.30. The Hall–Kier alpha value is -2.01. The molecular formula is C13H14ClN5. The summed E-state index contributed by atoms with van der Waals surface area (Å²) >= 11 is 5.98. The first-order valence-corrected chi connectivity index (χ1v) is 6.51. The molecule has 2 aromatic rings. The first kappa shape index (κ1) is 12.0. The zero-order chi connectivity index (χ0) is 13.2. The number of halogens is 1. The lowest BCUT2D eigenvalue weighted by molar-refractivity contribution is 0.742. The van der Waals surface area contributed by atoms with Gasteiger partial charge in [-0.15, -0.1) is 0 Å². The smallest absolute Gasteiger partial charge is 0.138 e. The average Bonchev–Trinajstić information content (AvgIpc) is 2.81. The second kappa shape index (κ2) is 4.93. The number of nitrogens with one attached hydrogen (secondary N) is 1. The van der Waals surface area contributed by atoms with Crippen LogP contribution in [0.5, 0.6) is 0 Å². The summed E-state index contributed by atoms with van der Waals surface area (Å²) in [6.07, 6.45) is 2.78. The van der Waals surface area contributed by atoms with Crippen LogP contribution in [0.25, 0.3) is 5.69 Å². The van der Waals surface area contributed by atoms with Crippen molar-refractivity contribution in [3.63, 3.8) is 0 Å². The van der Waals surface area contributed by atoms with Crippen molar-refractivity contribution < 1.29 is 0 Å². The molecule has 0 aliphatic carbocycles. The molecule has 1 aliphatic heterocycles. The van der Waals surface area contributed by atoms with Crippen molar-refractivity contribution in [2.45, 2.75) is 6.42 Å². The number of nitrogens with zero attached hydrogens (tertiary/aromatic N) is 3. The average molecular weight is 276 g/mol. The highest BCUT2D eigenvalue weighted by molar-refractivity contribution is 6.30. The minimum atomic E-state index is 0.565. The van der Waals surface area contributed by atoms with Crippen molar-refractivity contribution in [2.75, 3.05) is 18.8 Å². The van der Waals surface area contributed by atoms with Crippen molar-refractivity contribution in [1.82, 2.24) is 15.1 Å². The number of nitrogens with two attached hydrogens (primary N) is 1. The highest BCUT2D eigenvalue weighted by Crippen LogP contribution is 2.20. The van der Waals surface area contributed by atoms with E-state index in [4.69, 9.17) is 17.3 Å². The molecule has 98 valence electrons. The molecule has 0 amide bonds. The van der Waals surface area contributed by atoms with Crippen LogP contribution in [0.3, 0.4) is 0 Å². The Kier molecular flexibility index (Phi) is 3.13. The van der Waals surface area contributed by atoms with E-state index in [1.165, 1.54) is 0 Å². The van der Waals surface area contributed by atoms with Gasteiger partial charge in [-0.3, -0.25) is 4.99 Å². The van der Waals surface area contributed by atoms with E-state index in [9.17, 15) is 0 Å². The Morgan fingerprint density at radius 2 is 2.26 bits per heavy atom. The molecule has 0 spiro atoms. The molecule has 0 atom stereocenters. The minimum Gasteiger partial charge on any atom is -0.383 e. The number of aromatic nitrogens is 2. The molecule has 3 rings (SSSR count). The van der Waals surface area contributed by atoms with Crippen LogP contribution in [0.15, 0.2) is 35.5 Å². The van der Waals surface area contributed by atoms with E-state index in [-0.39, 0.29) is 0 Å². The van der Waals surface area contributed by atoms with E-state index in [0.717, 1.165) is 36.6 Å². The maximum absolute atomic E-state index is 6.15. The lowest BCUT2D eigenvalue weighted by Gasteiger charge is -2.14. The molecule has 0 radical (unpaired) electrons. The number of benzene rings is 1. The molecule has 3 N–H and O–H groups in total. The zero-order valence-electron chi connectivity index (χ0n) is 10.3. The third-order valence-corrected chi connectivity index (χ3v) is 3.25. The van der Waals surface area contributed by atoms with Crippen LogP contribution in [0.4, 0.5) is 5.82 Å². The summed E-state index contributed by atoms with van der Waals surface area (Å²) < 4.78 is 1.67. The number of anilines is 1. The Morgan fingerprint density at radius 1 is 1.37 bits per heavy atom. The largest absolute Gasteiger partial charge is 0.383 e. The highest BCUT2D eigenvalue weighted by atomic mass is 35.5. The molecule has 1 aromatic carbocycles. The van der Waals surface area contributed by atoms with Gasteiger partial charge in [0.25, 0.3) is 0 Å². The Labute approximate surface area is 116 Å². The molecule has 0 bridgehead atoms. The molecular weight excluding hydrogens is 262 g/mol. The van der Waals surface area contributed by atoms with Crippen LogP contribution in [0.1, 0.15) is 12.0 Å². The van der Waals surface area contributed by atoms with Gasteiger partial charge in [0.2, 0.25) is 0 Å². The van der Waals surface area contributed by atoms with Gasteiger partial charge in [0.15, 0.2) is 0 Å². The highest BCUT2D eigenvalue weighted by Gasteiger charge is 2.15. The standard InChI is InChI=1S/C13H14ClN5/c14-9-3-1-4-10(7-9)19-12(15)11(8-18-19)13-16-5-2-6-17-13/h1,3-4,7-8H,2,5-6,15H2,(H,16,17). The third-order valence-electron chi connectivity index (χ3n) is 3.01. The molecule has 1 aromatic heterocycles. The summed E-state index contributed by atoms with van der Waals surface area (Å²) in [6, 6.07) is 7.42. The van der Waals surface area contributed by atoms with E-state index in [0.29, 0.717) is 10.8 Å². The van der Waals surface area contributed by atoms with Crippen LogP contribution in [-0.4, -0.2) is 28.7 Å². The first-order valence-electron chi connectivity index (χ1n) is 6.14. The Balaban J connectivity index is 2.01. The van der Waals surface area contributed by atoms with Gasteiger partial charge in [-0.05, 0) is 24.6 Å². The topological polar surface area (TPSA) is 68.2 Å². The fourth-order valence-corrected chi connectivity index (χ4v) is 2.25. The van der Waals surface area contributed by atoms with Gasteiger partial charge in [0.1, 0.15) is 11.7 Å². The van der Waals surface area contributed by atoms with E-state index in [1.807, 2.05) is 24.3 Å². The number of amidine groups is 1. The number of hydrogen-bond donors (Lipinski definition) is 2. The van der Waals surface area contributed by atoms with Crippen LogP contribution in [0, 0.1) is 0 Å². The summed E-state index contributed by atoms with van der Waals surface area (Å²) in [6.45, 7) is 1.74. The molecule has 5 nitrogen and oxygen atoms in total. The predicted octanol–water partition coefficient (Wildman–Crippen LogP) is 1.85. The summed E-state index contributed by atoms with van der Waals surface area (Å²) in [5, 5.41) is 8.21. The van der Waals surface area contributed by atoms with E-state index in [2.05, 4.69) is 15.4 Å². The van der Waals surface area contributed by atoms with Gasteiger partial charge >= 0.3 is 0 Å². The third kappa shape index (κ3) is 2.29. The summed E-state index contributed by atoms with van der Waals surface area (Å²) in [4.78, 5) is 4.43. The maximum Gasteiger partial charge on any atom is 0.138 e. The number of hydrogen-bond acceptors (Lipinski definition) is 4. The van der Waals surface area contributed by atoms with Crippen molar-refractivity contribution in [3.05, 3.63) is 41.0 Å². The van der Waals surface area contributed by atoms with Crippen molar-refractivity contribution in [2.24, 2.45) is 4.99 Å². The number of rotatable bonds is 2. The maximum atomic E-state index is 6.15. The second-order valence-electron chi connectivity index (χ2n) is 4.35. The minimum absolute atomic E-state index is 0.565. The van der Waals surface area contributed by atoms with Crippen LogP contribution >= 0.6 is 11.6 Å². The van der Waals surface area contributed by atoms with Crippen LogP contribution < -0.4 is 11.1 Å². The fourth-order valence-electron chi connectivity index (χ4n) is 2.07. The quantitative estimate of drug-likeness (QED) is 0.879. The van der Waals surface area contributed by atoms with Gasteiger partial charge in [-0.1, -0.05) is 17.7 Å². The van der Waals surface area contributed by atoms with E-state index in [1.54, 1.807) is 10.9 Å². The summed E-state index contributed by atoms with van der Waals surface area (Å²) in [5.74, 6) is 1.38. The van der Waals surface area contributed by atoms with Gasteiger partial charge in [-0.25, -0.2) is 4.68 Å². The van der Waals surface area contributed by atoms with Crippen molar-refractivity contribution in [3.8, 4) is 5.69 Å². The van der Waals surface area contributed by atoms with E-state index >= 15 is 0 Å². The Bertz CT molecular complexity index is 632. The van der Waals surface area contributed by atoms with Crippen molar-refractivity contribution in [1.29, 1.82) is 0 Å². The molecule has 6 heteroatoms. The first-order chi connectivity index (χ1) is 9.25. The second-order valence-corrected chi connectivity index (χ2v) is 4.78. The molecule has 1 aliphatic rings. The van der Waals surface area contributed by atoms with Crippen LogP contribution in [-0.2, 0) is 0 Å². The molecule has 0 fully saturated rings. The molecule has 2 heterocycles. The van der Waals surface area contributed by atoms with Gasteiger partial charge in [0, 0.05) is 18.1 Å². The van der Waals surface area contributed by atoms with Crippen LogP contribution in [0.2, 0.25) is 5.02 Å². The van der Waals surface area contributed by atoms with Crippen molar-refractivity contribution >= 4 is 23.3 Å². The fraction of sp³-hybridized carbons (Fsp3) is 0.231. The molecule has 19 heavy (non-hydrogen) atoms. The monoisotopic (exact) mass is 275 g/mol. The summed E-state index contributed by atoms with van der Waals surface area (Å²) in [5.41, 5.74) is 7.83. The van der Waals surface area contributed by atoms with Gasteiger partial charge in [-0.2, -0.15) is 5.10 Å². The summed E-state index contributed by atoms with van der Waals surface area (Å²) in [7, 11) is 0. The number of aliphatic imine (C=N–C) groups is 1. The predicted molar refractivity (Wildman–Crippen MR) is 77.0 cm³/mol.